The number of nitrogens with one attached hydrogen (secondary N) is 1. The molecule has 5 heteroatoms. The van der Waals surface area contributed by atoms with Crippen LogP contribution in [0.15, 0.2) is 12.1 Å². The van der Waals surface area contributed by atoms with Crippen LogP contribution in [0.2, 0.25) is 5.02 Å². The molecule has 2 atom stereocenters. The number of benzene rings is 1. The van der Waals surface area contributed by atoms with Gasteiger partial charge in [0.2, 0.25) is 0 Å². The maximum Gasteiger partial charge on any atom is 0.125 e. The summed E-state index contributed by atoms with van der Waals surface area (Å²) in [5, 5.41) is 4.10. The number of hydrogen-bond donors (Lipinski definition) is 1. The Morgan fingerprint density at radius 3 is 3.00 bits per heavy atom. The van der Waals surface area contributed by atoms with E-state index in [1.54, 1.807) is 0 Å². The summed E-state index contributed by atoms with van der Waals surface area (Å²) >= 11 is 6.21. The molecule has 1 N–H and O–H groups in total. The van der Waals surface area contributed by atoms with Crippen LogP contribution in [0.5, 0.6) is 5.75 Å². The SMILES string of the molecule is CNC(Cc1cc(Cl)cc2c1OCC2)C1COCCO1. The number of halogens is 1. The van der Waals surface area contributed by atoms with Gasteiger partial charge in [0.1, 0.15) is 5.75 Å². The van der Waals surface area contributed by atoms with Crippen molar-refractivity contribution in [3.05, 3.63) is 28.3 Å². The van der Waals surface area contributed by atoms with Gasteiger partial charge in [-0.05, 0) is 36.7 Å². The predicted octanol–water partition coefficient (Wildman–Crippen LogP) is 1.82. The summed E-state index contributed by atoms with van der Waals surface area (Å²) in [6, 6.07) is 4.20. The highest BCUT2D eigenvalue weighted by Crippen LogP contribution is 2.34. The van der Waals surface area contributed by atoms with Crippen molar-refractivity contribution in [3.8, 4) is 5.75 Å². The van der Waals surface area contributed by atoms with Gasteiger partial charge in [0.15, 0.2) is 0 Å². The molecule has 0 saturated carbocycles. The molecule has 0 spiro atoms. The molecule has 2 unspecified atom stereocenters. The third-order valence-corrected chi connectivity index (χ3v) is 4.14. The Hall–Kier alpha value is -0.810. The molecular formula is C15H20ClNO3. The minimum atomic E-state index is 0.0739. The summed E-state index contributed by atoms with van der Waals surface area (Å²) in [5.41, 5.74) is 2.36. The third-order valence-electron chi connectivity index (χ3n) is 3.93. The standard InChI is InChI=1S/C15H20ClNO3/c1-17-13(14-9-18-4-5-19-14)8-11-7-12(16)6-10-2-3-20-15(10)11/h6-7,13-14,17H,2-5,8-9H2,1H3. The molecule has 2 aliphatic rings. The first-order valence-corrected chi connectivity index (χ1v) is 7.46. The lowest BCUT2D eigenvalue weighted by atomic mass is 9.98. The molecule has 110 valence electrons. The molecule has 2 heterocycles. The van der Waals surface area contributed by atoms with Crippen molar-refractivity contribution in [2.45, 2.75) is 25.0 Å². The second-order valence-electron chi connectivity index (χ2n) is 5.24. The summed E-state index contributed by atoms with van der Waals surface area (Å²) in [6.45, 7) is 2.72. The lowest BCUT2D eigenvalue weighted by Gasteiger charge is -2.30. The van der Waals surface area contributed by atoms with E-state index in [-0.39, 0.29) is 12.1 Å². The molecular weight excluding hydrogens is 278 g/mol. The monoisotopic (exact) mass is 297 g/mol. The first kappa shape index (κ1) is 14.1. The number of hydrogen-bond acceptors (Lipinski definition) is 4. The lowest BCUT2D eigenvalue weighted by molar-refractivity contribution is -0.100. The molecule has 0 amide bonds. The Labute approximate surface area is 124 Å². The largest absolute Gasteiger partial charge is 0.493 e. The van der Waals surface area contributed by atoms with E-state index >= 15 is 0 Å². The van der Waals surface area contributed by atoms with Crippen LogP contribution in [-0.2, 0) is 22.3 Å². The number of likely N-dealkylation sites (N-methyl/N-ethyl adjacent to an activating group) is 1. The van der Waals surface area contributed by atoms with Crippen LogP contribution in [0.3, 0.4) is 0 Å². The fraction of sp³-hybridized carbons (Fsp3) is 0.600. The molecule has 1 aromatic rings. The molecule has 1 aromatic carbocycles. The van der Waals surface area contributed by atoms with Crippen LogP contribution in [-0.4, -0.2) is 45.6 Å². The van der Waals surface area contributed by atoms with Crippen molar-refractivity contribution < 1.29 is 14.2 Å². The molecule has 0 radical (unpaired) electrons. The highest BCUT2D eigenvalue weighted by Gasteiger charge is 2.27. The number of rotatable bonds is 4. The Kier molecular flexibility index (Phi) is 4.46. The lowest BCUT2D eigenvalue weighted by Crippen LogP contribution is -2.46. The van der Waals surface area contributed by atoms with E-state index in [4.69, 9.17) is 25.8 Å². The fourth-order valence-corrected chi connectivity index (χ4v) is 3.16. The number of ether oxygens (including phenoxy) is 3. The summed E-state index contributed by atoms with van der Waals surface area (Å²) in [6.07, 6.45) is 1.84. The predicted molar refractivity (Wildman–Crippen MR) is 77.8 cm³/mol. The minimum absolute atomic E-state index is 0.0739. The fourth-order valence-electron chi connectivity index (χ4n) is 2.89. The molecule has 4 nitrogen and oxygen atoms in total. The molecule has 20 heavy (non-hydrogen) atoms. The molecule has 0 aromatic heterocycles. The topological polar surface area (TPSA) is 39.7 Å². The van der Waals surface area contributed by atoms with Crippen molar-refractivity contribution >= 4 is 11.6 Å². The van der Waals surface area contributed by atoms with Crippen LogP contribution in [0.1, 0.15) is 11.1 Å². The Balaban J connectivity index is 1.78. The smallest absolute Gasteiger partial charge is 0.125 e. The summed E-state index contributed by atoms with van der Waals surface area (Å²) in [7, 11) is 1.95. The molecule has 1 saturated heterocycles. The van der Waals surface area contributed by atoms with Gasteiger partial charge in [0, 0.05) is 17.5 Å². The van der Waals surface area contributed by atoms with Crippen molar-refractivity contribution in [1.29, 1.82) is 0 Å². The summed E-state index contributed by atoms with van der Waals surface area (Å²) in [5.74, 6) is 1.01. The van der Waals surface area contributed by atoms with Gasteiger partial charge >= 0.3 is 0 Å². The van der Waals surface area contributed by atoms with Crippen molar-refractivity contribution in [2.24, 2.45) is 0 Å². The molecule has 0 aliphatic carbocycles. The molecule has 2 aliphatic heterocycles. The van der Waals surface area contributed by atoms with E-state index in [9.17, 15) is 0 Å². The molecule has 3 rings (SSSR count). The highest BCUT2D eigenvalue weighted by molar-refractivity contribution is 6.30. The van der Waals surface area contributed by atoms with Gasteiger partial charge in [-0.2, -0.15) is 0 Å². The van der Waals surface area contributed by atoms with Crippen molar-refractivity contribution in [1.82, 2.24) is 5.32 Å². The Morgan fingerprint density at radius 2 is 2.25 bits per heavy atom. The maximum absolute atomic E-state index is 6.21. The Bertz CT molecular complexity index is 474. The summed E-state index contributed by atoms with van der Waals surface area (Å²) in [4.78, 5) is 0. The maximum atomic E-state index is 6.21. The van der Waals surface area contributed by atoms with Crippen LogP contribution < -0.4 is 10.1 Å². The van der Waals surface area contributed by atoms with Gasteiger partial charge in [-0.25, -0.2) is 0 Å². The van der Waals surface area contributed by atoms with Crippen LogP contribution in [0.4, 0.5) is 0 Å². The van der Waals surface area contributed by atoms with Crippen molar-refractivity contribution in [2.75, 3.05) is 33.5 Å². The van der Waals surface area contributed by atoms with Gasteiger partial charge in [0.25, 0.3) is 0 Å². The van der Waals surface area contributed by atoms with Gasteiger partial charge in [-0.3, -0.25) is 0 Å². The quantitative estimate of drug-likeness (QED) is 0.920. The van der Waals surface area contributed by atoms with E-state index in [1.807, 2.05) is 19.2 Å². The van der Waals surface area contributed by atoms with E-state index in [0.29, 0.717) is 19.8 Å². The average Bonchev–Trinajstić information content (AvgIpc) is 2.93. The van der Waals surface area contributed by atoms with E-state index in [1.165, 1.54) is 5.56 Å². The molecule has 1 fully saturated rings. The summed E-state index contributed by atoms with van der Waals surface area (Å²) < 4.78 is 17.0. The normalized spacial score (nSPS) is 23.2. The van der Waals surface area contributed by atoms with Crippen molar-refractivity contribution in [3.63, 3.8) is 0 Å². The highest BCUT2D eigenvalue weighted by atomic mass is 35.5. The van der Waals surface area contributed by atoms with Gasteiger partial charge < -0.3 is 19.5 Å². The van der Waals surface area contributed by atoms with Gasteiger partial charge in [0.05, 0.1) is 32.5 Å². The first-order valence-electron chi connectivity index (χ1n) is 7.08. The third kappa shape index (κ3) is 2.93. The average molecular weight is 298 g/mol. The first-order chi connectivity index (χ1) is 9.78. The molecule has 0 bridgehead atoms. The Morgan fingerprint density at radius 1 is 1.35 bits per heavy atom. The zero-order valence-corrected chi connectivity index (χ0v) is 12.4. The second kappa shape index (κ2) is 6.31. The van der Waals surface area contributed by atoms with Gasteiger partial charge in [-0.1, -0.05) is 11.6 Å². The van der Waals surface area contributed by atoms with E-state index in [2.05, 4.69) is 5.32 Å². The van der Waals surface area contributed by atoms with Crippen LogP contribution in [0.25, 0.3) is 0 Å². The number of fused-ring (bicyclic) bond motifs is 1. The second-order valence-corrected chi connectivity index (χ2v) is 5.67. The zero-order chi connectivity index (χ0) is 13.9. The minimum Gasteiger partial charge on any atom is -0.493 e. The van der Waals surface area contributed by atoms with Crippen LogP contribution in [0, 0.1) is 0 Å². The zero-order valence-electron chi connectivity index (χ0n) is 11.7. The van der Waals surface area contributed by atoms with E-state index < -0.39 is 0 Å². The van der Waals surface area contributed by atoms with Crippen LogP contribution >= 0.6 is 11.6 Å². The van der Waals surface area contributed by atoms with Gasteiger partial charge in [-0.15, -0.1) is 0 Å². The van der Waals surface area contributed by atoms with E-state index in [0.717, 1.165) is 35.8 Å².